The Balaban J connectivity index is 2.03. The number of halogens is 1. The molecule has 1 aliphatic rings. The molecule has 18 heavy (non-hydrogen) atoms. The first kappa shape index (κ1) is 13.9. The average Bonchev–Trinajstić information content (AvgIpc) is 2.81. The summed E-state index contributed by atoms with van der Waals surface area (Å²) in [6.07, 6.45) is 0.949. The van der Waals surface area contributed by atoms with Crippen molar-refractivity contribution in [1.82, 2.24) is 9.97 Å². The molecule has 7 heteroatoms. The van der Waals surface area contributed by atoms with Gasteiger partial charge in [-0.25, -0.2) is 4.98 Å². The third-order valence-electron chi connectivity index (χ3n) is 2.64. The zero-order valence-corrected chi connectivity index (χ0v) is 11.8. The summed E-state index contributed by atoms with van der Waals surface area (Å²) in [7, 11) is 1.96. The van der Waals surface area contributed by atoms with E-state index < -0.39 is 0 Å². The van der Waals surface area contributed by atoms with Crippen LogP contribution >= 0.6 is 23.4 Å². The van der Waals surface area contributed by atoms with Gasteiger partial charge in [0.1, 0.15) is 5.82 Å². The van der Waals surface area contributed by atoms with Gasteiger partial charge in [-0.05, 0) is 11.6 Å². The van der Waals surface area contributed by atoms with Gasteiger partial charge in [0.05, 0.1) is 30.4 Å². The minimum Gasteiger partial charge on any atom is -0.394 e. The topological polar surface area (TPSA) is 58.5 Å². The molecule has 1 aliphatic heterocycles. The zero-order chi connectivity index (χ0) is 13.0. The van der Waals surface area contributed by atoms with Crippen LogP contribution in [0.1, 0.15) is 5.69 Å². The highest BCUT2D eigenvalue weighted by atomic mass is 35.5. The van der Waals surface area contributed by atoms with Crippen molar-refractivity contribution >= 4 is 29.2 Å². The Labute approximate surface area is 116 Å². The van der Waals surface area contributed by atoms with Crippen LogP contribution in [0.25, 0.3) is 0 Å². The fourth-order valence-corrected chi connectivity index (χ4v) is 3.08. The summed E-state index contributed by atoms with van der Waals surface area (Å²) in [5, 5.41) is 8.93. The molecular weight excluding hydrogens is 274 g/mol. The van der Waals surface area contributed by atoms with E-state index in [0.29, 0.717) is 25.0 Å². The third-order valence-corrected chi connectivity index (χ3v) is 3.93. The summed E-state index contributed by atoms with van der Waals surface area (Å²) in [4.78, 5) is 11.7. The molecular formula is C11H16ClN3O2S. The molecule has 0 aromatic carbocycles. The molecule has 0 radical (unpaired) electrons. The number of aliphatic hydroxyl groups is 1. The molecule has 5 nitrogen and oxygen atoms in total. The molecule has 0 atom stereocenters. The van der Waals surface area contributed by atoms with E-state index in [4.69, 9.17) is 21.4 Å². The number of hydrogen-bond donors (Lipinski definition) is 1. The fraction of sp³-hybridized carbons (Fsp3) is 0.636. The number of rotatable bonds is 6. The second-order valence-corrected chi connectivity index (χ2v) is 5.39. The molecule has 0 unspecified atom stereocenters. The highest BCUT2D eigenvalue weighted by Crippen LogP contribution is 2.37. The van der Waals surface area contributed by atoms with E-state index in [1.807, 2.05) is 11.9 Å². The largest absolute Gasteiger partial charge is 0.394 e. The SMILES string of the molecule is CN(CCOCCO)c1nc(Cl)nc2c1SCC2. The number of ether oxygens (including phenoxy) is 1. The van der Waals surface area contributed by atoms with Crippen molar-refractivity contribution in [3.63, 3.8) is 0 Å². The Morgan fingerprint density at radius 3 is 3.06 bits per heavy atom. The number of thioether (sulfide) groups is 1. The van der Waals surface area contributed by atoms with Gasteiger partial charge in [0.15, 0.2) is 0 Å². The summed E-state index contributed by atoms with van der Waals surface area (Å²) in [5.41, 5.74) is 1.04. The lowest BCUT2D eigenvalue weighted by Crippen LogP contribution is -2.25. The number of aliphatic hydroxyl groups excluding tert-OH is 1. The van der Waals surface area contributed by atoms with Crippen LogP contribution in [-0.4, -0.2) is 54.2 Å². The first-order chi connectivity index (χ1) is 8.72. The van der Waals surface area contributed by atoms with Gasteiger partial charge in [0, 0.05) is 25.8 Å². The van der Waals surface area contributed by atoms with Crippen molar-refractivity contribution in [1.29, 1.82) is 0 Å². The van der Waals surface area contributed by atoms with Crippen molar-refractivity contribution in [3.8, 4) is 0 Å². The Morgan fingerprint density at radius 2 is 2.28 bits per heavy atom. The highest BCUT2D eigenvalue weighted by Gasteiger charge is 2.21. The van der Waals surface area contributed by atoms with E-state index in [-0.39, 0.29) is 6.61 Å². The van der Waals surface area contributed by atoms with Crippen LogP contribution in [0.5, 0.6) is 0 Å². The lowest BCUT2D eigenvalue weighted by molar-refractivity contribution is 0.0970. The fourth-order valence-electron chi connectivity index (χ4n) is 1.75. The Morgan fingerprint density at radius 1 is 1.44 bits per heavy atom. The number of aromatic nitrogens is 2. The molecule has 1 N–H and O–H groups in total. The van der Waals surface area contributed by atoms with E-state index in [1.54, 1.807) is 11.8 Å². The van der Waals surface area contributed by atoms with Gasteiger partial charge in [0.25, 0.3) is 0 Å². The molecule has 1 aromatic rings. The maximum absolute atomic E-state index is 8.63. The molecule has 0 bridgehead atoms. The van der Waals surface area contributed by atoms with Crippen molar-refractivity contribution in [2.75, 3.05) is 44.1 Å². The van der Waals surface area contributed by atoms with Crippen LogP contribution in [0.15, 0.2) is 4.90 Å². The van der Waals surface area contributed by atoms with Crippen LogP contribution in [0.3, 0.4) is 0 Å². The lowest BCUT2D eigenvalue weighted by atomic mass is 10.3. The minimum absolute atomic E-state index is 0.0499. The normalized spacial score (nSPS) is 13.7. The van der Waals surface area contributed by atoms with Crippen LogP contribution in [0, 0.1) is 0 Å². The molecule has 0 saturated heterocycles. The van der Waals surface area contributed by atoms with Gasteiger partial charge in [-0.15, -0.1) is 11.8 Å². The number of fused-ring (bicyclic) bond motifs is 1. The van der Waals surface area contributed by atoms with Gasteiger partial charge in [-0.3, -0.25) is 0 Å². The lowest BCUT2D eigenvalue weighted by Gasteiger charge is -2.20. The van der Waals surface area contributed by atoms with E-state index in [0.717, 1.165) is 28.6 Å². The minimum atomic E-state index is 0.0499. The number of nitrogens with zero attached hydrogens (tertiary/aromatic N) is 3. The summed E-state index contributed by atoms with van der Waals surface area (Å²) in [6.45, 7) is 1.68. The predicted octanol–water partition coefficient (Wildman–Crippen LogP) is 1.22. The Kier molecular flexibility index (Phi) is 5.05. The molecule has 2 heterocycles. The van der Waals surface area contributed by atoms with E-state index in [9.17, 15) is 0 Å². The Hall–Kier alpha value is -0.560. The van der Waals surface area contributed by atoms with Crippen molar-refractivity contribution in [2.45, 2.75) is 11.3 Å². The summed E-state index contributed by atoms with van der Waals surface area (Å²) in [5.74, 6) is 1.91. The number of anilines is 1. The first-order valence-electron chi connectivity index (χ1n) is 5.81. The monoisotopic (exact) mass is 289 g/mol. The maximum Gasteiger partial charge on any atom is 0.224 e. The highest BCUT2D eigenvalue weighted by molar-refractivity contribution is 7.99. The number of likely N-dealkylation sites (N-methyl/N-ethyl adjacent to an activating group) is 1. The number of hydrogen-bond acceptors (Lipinski definition) is 6. The summed E-state index contributed by atoms with van der Waals surface area (Å²) >= 11 is 7.70. The van der Waals surface area contributed by atoms with E-state index in [2.05, 4.69) is 9.97 Å². The van der Waals surface area contributed by atoms with Gasteiger partial charge in [-0.2, -0.15) is 4.98 Å². The molecule has 2 rings (SSSR count). The van der Waals surface area contributed by atoms with Crippen LogP contribution in [0.2, 0.25) is 5.28 Å². The van der Waals surface area contributed by atoms with Crippen LogP contribution in [-0.2, 0) is 11.2 Å². The van der Waals surface area contributed by atoms with Crippen molar-refractivity contribution < 1.29 is 9.84 Å². The molecule has 0 saturated carbocycles. The molecule has 1 aromatic heterocycles. The third kappa shape index (κ3) is 3.26. The quantitative estimate of drug-likeness (QED) is 0.628. The number of aryl methyl sites for hydroxylation is 1. The van der Waals surface area contributed by atoms with Gasteiger partial charge in [0.2, 0.25) is 5.28 Å². The zero-order valence-electron chi connectivity index (χ0n) is 10.2. The molecule has 0 aliphatic carbocycles. The summed E-state index contributed by atoms with van der Waals surface area (Å²) < 4.78 is 5.25. The standard InChI is InChI=1S/C11H16ClN3O2S/c1-15(3-5-17-6-4-16)10-9-8(2-7-18-9)13-11(12)14-10/h16H,2-7H2,1H3. The second kappa shape index (κ2) is 6.56. The van der Waals surface area contributed by atoms with Gasteiger partial charge < -0.3 is 14.7 Å². The summed E-state index contributed by atoms with van der Waals surface area (Å²) in [6, 6.07) is 0. The second-order valence-electron chi connectivity index (χ2n) is 3.95. The average molecular weight is 290 g/mol. The van der Waals surface area contributed by atoms with Crippen LogP contribution in [0.4, 0.5) is 5.82 Å². The predicted molar refractivity (Wildman–Crippen MR) is 72.6 cm³/mol. The molecule has 0 spiro atoms. The van der Waals surface area contributed by atoms with E-state index in [1.165, 1.54) is 0 Å². The maximum atomic E-state index is 8.63. The van der Waals surface area contributed by atoms with Gasteiger partial charge >= 0.3 is 0 Å². The van der Waals surface area contributed by atoms with Gasteiger partial charge in [-0.1, -0.05) is 0 Å². The van der Waals surface area contributed by atoms with Crippen molar-refractivity contribution in [3.05, 3.63) is 11.0 Å². The smallest absolute Gasteiger partial charge is 0.224 e. The molecule has 0 amide bonds. The first-order valence-corrected chi connectivity index (χ1v) is 7.17. The van der Waals surface area contributed by atoms with Crippen LogP contribution < -0.4 is 4.90 Å². The van der Waals surface area contributed by atoms with E-state index >= 15 is 0 Å². The molecule has 100 valence electrons. The Bertz CT molecular complexity index is 420. The van der Waals surface area contributed by atoms with Crippen molar-refractivity contribution in [2.24, 2.45) is 0 Å². The molecule has 0 fully saturated rings.